The van der Waals surface area contributed by atoms with Crippen LogP contribution < -0.4 is 20.5 Å². The molecule has 212 valence electrons. The Bertz CT molecular complexity index is 1480. The molecule has 4 aromatic rings. The molecule has 9 heteroatoms. The van der Waals surface area contributed by atoms with Crippen LogP contribution in [0.2, 0.25) is 0 Å². The number of hydrogen-bond acceptors (Lipinski definition) is 8. The molecule has 0 radical (unpaired) electrons. The summed E-state index contributed by atoms with van der Waals surface area (Å²) in [6, 6.07) is 17.8. The molecule has 1 aliphatic heterocycles. The van der Waals surface area contributed by atoms with E-state index in [-0.39, 0.29) is 18.3 Å². The zero-order valence-electron chi connectivity index (χ0n) is 23.1. The first-order chi connectivity index (χ1) is 19.6. The predicted octanol–water partition coefficient (Wildman–Crippen LogP) is 4.70. The van der Waals surface area contributed by atoms with Crippen LogP contribution in [-0.2, 0) is 16.3 Å². The van der Waals surface area contributed by atoms with Gasteiger partial charge >= 0.3 is 5.97 Å². The van der Waals surface area contributed by atoms with Crippen molar-refractivity contribution in [1.82, 2.24) is 14.8 Å². The third-order valence-corrected chi connectivity index (χ3v) is 8.33. The number of hydrogen-bond donors (Lipinski definition) is 1. The third kappa shape index (κ3) is 7.02. The molecule has 40 heavy (non-hydrogen) atoms. The van der Waals surface area contributed by atoms with Crippen LogP contribution in [0.3, 0.4) is 0 Å². The van der Waals surface area contributed by atoms with Gasteiger partial charge in [-0.15, -0.1) is 11.3 Å². The molecule has 2 aromatic carbocycles. The second-order valence-electron chi connectivity index (χ2n) is 10.2. The maximum Gasteiger partial charge on any atom is 0.307 e. The largest absolute Gasteiger partial charge is 0.494 e. The van der Waals surface area contributed by atoms with E-state index in [1.165, 1.54) is 26.4 Å². The average molecular weight is 563 g/mol. The number of fused-ring (bicyclic) bond motifs is 2. The Morgan fingerprint density at radius 2 is 1.85 bits per heavy atom. The standard InChI is InChI=1S/C31H38N4O4S/c1-32-14-5-8-31(37)39-23-35-28-22-25(11-9-24(28)10-12-30(35)36)38-20-3-2-15-33-16-18-34(19-17-33)27-6-4-7-29-26(27)13-21-40-29/h4,6-7,9-13,21-22,32H,2-3,5,8,14-20,23H2,1H3. The highest BCUT2D eigenvalue weighted by atomic mass is 32.1. The van der Waals surface area contributed by atoms with Crippen molar-refractivity contribution in [3.63, 3.8) is 0 Å². The summed E-state index contributed by atoms with van der Waals surface area (Å²) in [5.74, 6) is 0.399. The number of rotatable bonds is 13. The molecule has 0 unspecified atom stereocenters. The molecule has 0 bridgehead atoms. The number of esters is 1. The molecule has 0 aliphatic carbocycles. The third-order valence-electron chi connectivity index (χ3n) is 7.45. The Morgan fingerprint density at radius 3 is 2.70 bits per heavy atom. The average Bonchev–Trinajstić information content (AvgIpc) is 3.46. The fourth-order valence-electron chi connectivity index (χ4n) is 5.20. The minimum Gasteiger partial charge on any atom is -0.494 e. The molecule has 0 atom stereocenters. The van der Waals surface area contributed by atoms with Gasteiger partial charge in [-0.2, -0.15) is 0 Å². The summed E-state index contributed by atoms with van der Waals surface area (Å²) in [6.07, 6.45) is 3.04. The van der Waals surface area contributed by atoms with Crippen LogP contribution >= 0.6 is 11.3 Å². The summed E-state index contributed by atoms with van der Waals surface area (Å²) in [6.45, 7) is 6.57. The Morgan fingerprint density at radius 1 is 1.00 bits per heavy atom. The van der Waals surface area contributed by atoms with E-state index in [0.29, 0.717) is 30.7 Å². The lowest BCUT2D eigenvalue weighted by Crippen LogP contribution is -2.46. The van der Waals surface area contributed by atoms with Gasteiger partial charge in [0.25, 0.3) is 5.56 Å². The van der Waals surface area contributed by atoms with Gasteiger partial charge in [-0.25, -0.2) is 0 Å². The van der Waals surface area contributed by atoms with E-state index in [9.17, 15) is 9.59 Å². The van der Waals surface area contributed by atoms with Gasteiger partial charge in [-0.05, 0) is 86.6 Å². The molecule has 0 saturated carbocycles. The van der Waals surface area contributed by atoms with Crippen LogP contribution in [0.25, 0.3) is 21.0 Å². The molecule has 3 heterocycles. The van der Waals surface area contributed by atoms with Gasteiger partial charge in [-0.3, -0.25) is 19.1 Å². The summed E-state index contributed by atoms with van der Waals surface area (Å²) in [5.41, 5.74) is 1.85. The van der Waals surface area contributed by atoms with E-state index in [1.807, 2.05) is 25.2 Å². The van der Waals surface area contributed by atoms with Crippen molar-refractivity contribution in [2.45, 2.75) is 32.4 Å². The van der Waals surface area contributed by atoms with Crippen molar-refractivity contribution in [2.75, 3.05) is 57.8 Å². The first kappa shape index (κ1) is 28.1. The van der Waals surface area contributed by atoms with Crippen molar-refractivity contribution in [2.24, 2.45) is 0 Å². The summed E-state index contributed by atoms with van der Waals surface area (Å²) < 4.78 is 14.2. The number of ether oxygens (including phenoxy) is 2. The molecule has 1 saturated heterocycles. The fourth-order valence-corrected chi connectivity index (χ4v) is 6.01. The second kappa shape index (κ2) is 13.8. The molecule has 2 aromatic heterocycles. The lowest BCUT2D eigenvalue weighted by molar-refractivity contribution is -0.147. The number of thiophene rings is 1. The van der Waals surface area contributed by atoms with Crippen LogP contribution in [-0.4, -0.2) is 68.4 Å². The lowest BCUT2D eigenvalue weighted by Gasteiger charge is -2.36. The number of carbonyl (C=O) groups excluding carboxylic acids is 1. The molecule has 1 N–H and O–H groups in total. The van der Waals surface area contributed by atoms with E-state index in [1.54, 1.807) is 17.4 Å². The molecule has 0 amide bonds. The van der Waals surface area contributed by atoms with Crippen molar-refractivity contribution in [1.29, 1.82) is 0 Å². The molecule has 0 spiro atoms. The lowest BCUT2D eigenvalue weighted by atomic mass is 10.2. The highest BCUT2D eigenvalue weighted by Crippen LogP contribution is 2.31. The van der Waals surface area contributed by atoms with Crippen LogP contribution in [0, 0.1) is 0 Å². The van der Waals surface area contributed by atoms with Gasteiger partial charge in [-0.1, -0.05) is 6.07 Å². The number of unbranched alkanes of at least 4 members (excludes halogenated alkanes) is 1. The van der Waals surface area contributed by atoms with E-state index >= 15 is 0 Å². The summed E-state index contributed by atoms with van der Waals surface area (Å²) in [5, 5.41) is 7.44. The van der Waals surface area contributed by atoms with Crippen LogP contribution in [0.5, 0.6) is 5.75 Å². The van der Waals surface area contributed by atoms with Gasteiger partial charge < -0.3 is 19.7 Å². The number of nitrogens with one attached hydrogen (secondary N) is 1. The maximum atomic E-state index is 12.5. The Balaban J connectivity index is 1.07. The normalized spacial score (nSPS) is 14.2. The number of piperazine rings is 1. The van der Waals surface area contributed by atoms with E-state index in [0.717, 1.165) is 57.5 Å². The molecular formula is C31H38N4O4S. The minimum absolute atomic E-state index is 0.103. The van der Waals surface area contributed by atoms with Gasteiger partial charge in [0.2, 0.25) is 0 Å². The van der Waals surface area contributed by atoms with E-state index < -0.39 is 0 Å². The zero-order valence-corrected chi connectivity index (χ0v) is 24.0. The molecule has 1 fully saturated rings. The number of benzene rings is 2. The van der Waals surface area contributed by atoms with Gasteiger partial charge in [0, 0.05) is 60.5 Å². The topological polar surface area (TPSA) is 76.0 Å². The van der Waals surface area contributed by atoms with Crippen molar-refractivity contribution in [3.8, 4) is 5.75 Å². The Labute approximate surface area is 239 Å². The molecule has 5 rings (SSSR count). The summed E-state index contributed by atoms with van der Waals surface area (Å²) in [7, 11) is 1.84. The Kier molecular flexibility index (Phi) is 9.70. The second-order valence-corrected chi connectivity index (χ2v) is 11.1. The predicted molar refractivity (Wildman–Crippen MR) is 163 cm³/mol. The van der Waals surface area contributed by atoms with Crippen LogP contribution in [0.1, 0.15) is 25.7 Å². The smallest absolute Gasteiger partial charge is 0.307 e. The fraction of sp³-hybridized carbons (Fsp3) is 0.419. The van der Waals surface area contributed by atoms with E-state index in [2.05, 4.69) is 44.8 Å². The van der Waals surface area contributed by atoms with Crippen LogP contribution in [0.4, 0.5) is 5.69 Å². The summed E-state index contributed by atoms with van der Waals surface area (Å²) >= 11 is 1.80. The number of anilines is 1. The maximum absolute atomic E-state index is 12.5. The van der Waals surface area contributed by atoms with E-state index in [4.69, 9.17) is 9.47 Å². The van der Waals surface area contributed by atoms with Crippen molar-refractivity contribution >= 4 is 44.0 Å². The summed E-state index contributed by atoms with van der Waals surface area (Å²) in [4.78, 5) is 29.6. The van der Waals surface area contributed by atoms with Crippen LogP contribution in [0.15, 0.2) is 64.8 Å². The SMILES string of the molecule is CNCCCC(=O)OCn1c(=O)ccc2ccc(OCCCCN3CCN(c4cccc5sccc45)CC3)cc21. The highest BCUT2D eigenvalue weighted by molar-refractivity contribution is 7.17. The molecule has 1 aliphatic rings. The van der Waals surface area contributed by atoms with Gasteiger partial charge in [0.15, 0.2) is 6.73 Å². The molecular weight excluding hydrogens is 524 g/mol. The van der Waals surface area contributed by atoms with Gasteiger partial charge in [0.05, 0.1) is 12.1 Å². The number of nitrogens with zero attached hydrogens (tertiary/aromatic N) is 3. The van der Waals surface area contributed by atoms with Crippen molar-refractivity contribution in [3.05, 3.63) is 70.3 Å². The van der Waals surface area contributed by atoms with Crippen molar-refractivity contribution < 1.29 is 14.3 Å². The zero-order chi connectivity index (χ0) is 27.7. The first-order valence-corrected chi connectivity index (χ1v) is 15.0. The minimum atomic E-state index is -0.312. The number of aromatic nitrogens is 1. The Hall–Kier alpha value is -3.40. The number of pyridine rings is 1. The number of carbonyl (C=O) groups is 1. The quantitative estimate of drug-likeness (QED) is 0.187. The highest BCUT2D eigenvalue weighted by Gasteiger charge is 2.18. The first-order valence-electron chi connectivity index (χ1n) is 14.1. The monoisotopic (exact) mass is 562 g/mol. The van der Waals surface area contributed by atoms with Gasteiger partial charge in [0.1, 0.15) is 5.75 Å². The molecule has 8 nitrogen and oxygen atoms in total.